The first-order chi connectivity index (χ1) is 10.9. The number of hydroxylamine groups is 1. The van der Waals surface area contributed by atoms with Gasteiger partial charge in [-0.15, -0.1) is 0 Å². The van der Waals surface area contributed by atoms with Gasteiger partial charge in [-0.1, -0.05) is 34.3 Å². The second-order valence-electron chi connectivity index (χ2n) is 4.45. The molecule has 0 heterocycles. The van der Waals surface area contributed by atoms with Gasteiger partial charge in [0.1, 0.15) is 5.75 Å². The molecule has 122 valence electrons. The van der Waals surface area contributed by atoms with Crippen molar-refractivity contribution in [1.29, 1.82) is 0 Å². The number of rotatable bonds is 5. The number of hydrogen-bond acceptors (Lipinski definition) is 5. The maximum atomic E-state index is 12.2. The van der Waals surface area contributed by atoms with Crippen LogP contribution in [-0.4, -0.2) is 33.0 Å². The molecule has 0 atom stereocenters. The van der Waals surface area contributed by atoms with Crippen molar-refractivity contribution in [3.8, 4) is 5.75 Å². The first-order valence-electron chi connectivity index (χ1n) is 6.46. The monoisotopic (exact) mass is 355 g/mol. The van der Waals surface area contributed by atoms with Crippen LogP contribution in [-0.2, 0) is 14.9 Å². The summed E-state index contributed by atoms with van der Waals surface area (Å²) >= 11 is 5.92. The molecule has 0 saturated heterocycles. The molecular weight excluding hydrogens is 342 g/mol. The molecule has 0 fully saturated rings. The molecule has 2 aromatic rings. The number of benzene rings is 2. The molecule has 0 radical (unpaired) electrons. The highest BCUT2D eigenvalue weighted by molar-refractivity contribution is 7.89. The summed E-state index contributed by atoms with van der Waals surface area (Å²) < 4.78 is 30.2. The highest BCUT2D eigenvalue weighted by Crippen LogP contribution is 2.24. The van der Waals surface area contributed by atoms with Crippen molar-refractivity contribution in [2.24, 2.45) is 0 Å². The molecule has 0 unspecified atom stereocenters. The van der Waals surface area contributed by atoms with Crippen LogP contribution in [0.15, 0.2) is 53.4 Å². The molecule has 2 rings (SSSR count). The van der Waals surface area contributed by atoms with E-state index in [-0.39, 0.29) is 21.2 Å². The minimum absolute atomic E-state index is 0.0792. The van der Waals surface area contributed by atoms with E-state index in [1.807, 2.05) is 0 Å². The van der Waals surface area contributed by atoms with Gasteiger partial charge in [0.05, 0.1) is 22.6 Å². The molecule has 0 spiro atoms. The minimum atomic E-state index is -3.85. The minimum Gasteiger partial charge on any atom is -0.421 e. The molecule has 0 bridgehead atoms. The van der Waals surface area contributed by atoms with E-state index in [0.29, 0.717) is 4.47 Å². The summed E-state index contributed by atoms with van der Waals surface area (Å²) in [6.45, 7) is 0. The SMILES string of the molecule is CON(C)S(=O)(=O)c1cccc(C(=O)Oc2ccccc2Cl)c1. The molecule has 0 saturated carbocycles. The maximum Gasteiger partial charge on any atom is 0.343 e. The van der Waals surface area contributed by atoms with Crippen LogP contribution in [0.3, 0.4) is 0 Å². The van der Waals surface area contributed by atoms with E-state index in [2.05, 4.69) is 0 Å². The molecule has 0 aromatic heterocycles. The van der Waals surface area contributed by atoms with Gasteiger partial charge in [-0.05, 0) is 30.3 Å². The molecule has 0 N–H and O–H groups in total. The van der Waals surface area contributed by atoms with Crippen molar-refractivity contribution in [1.82, 2.24) is 4.47 Å². The Bertz CT molecular complexity index is 822. The Kier molecular flexibility index (Phi) is 5.38. The van der Waals surface area contributed by atoms with Crippen molar-refractivity contribution in [3.63, 3.8) is 0 Å². The second kappa shape index (κ2) is 7.10. The smallest absolute Gasteiger partial charge is 0.343 e. The van der Waals surface area contributed by atoms with Crippen LogP contribution in [0.25, 0.3) is 0 Å². The zero-order valence-electron chi connectivity index (χ0n) is 12.4. The molecular formula is C15H14ClNO5S. The number of carbonyl (C=O) groups excluding carboxylic acids is 1. The maximum absolute atomic E-state index is 12.2. The molecule has 0 aliphatic carbocycles. The Labute approximate surface area is 139 Å². The predicted molar refractivity (Wildman–Crippen MR) is 84.8 cm³/mol. The highest BCUT2D eigenvalue weighted by Gasteiger charge is 2.22. The Morgan fingerprint density at radius 2 is 1.83 bits per heavy atom. The van der Waals surface area contributed by atoms with Crippen LogP contribution in [0.1, 0.15) is 10.4 Å². The fourth-order valence-electron chi connectivity index (χ4n) is 1.72. The number of sulfonamides is 1. The molecule has 8 heteroatoms. The Morgan fingerprint density at radius 3 is 2.48 bits per heavy atom. The van der Waals surface area contributed by atoms with Gasteiger partial charge < -0.3 is 4.74 Å². The average molecular weight is 356 g/mol. The standard InChI is InChI=1S/C15H14ClNO5S/c1-17(21-2)23(19,20)12-7-5-6-11(10-12)15(18)22-14-9-4-3-8-13(14)16/h3-10H,1-2H3. The lowest BCUT2D eigenvalue weighted by Crippen LogP contribution is -2.26. The van der Waals surface area contributed by atoms with Crippen molar-refractivity contribution >= 4 is 27.6 Å². The number of nitrogens with zero attached hydrogens (tertiary/aromatic N) is 1. The fourth-order valence-corrected chi connectivity index (χ4v) is 2.91. The lowest BCUT2D eigenvalue weighted by atomic mass is 10.2. The number of esters is 1. The summed E-state index contributed by atoms with van der Waals surface area (Å²) in [5.41, 5.74) is 0.0792. The number of para-hydroxylation sites is 1. The van der Waals surface area contributed by atoms with E-state index in [0.717, 1.165) is 0 Å². The normalized spacial score (nSPS) is 11.5. The van der Waals surface area contributed by atoms with Gasteiger partial charge >= 0.3 is 5.97 Å². The quantitative estimate of drug-likeness (QED) is 0.468. The van der Waals surface area contributed by atoms with Gasteiger partial charge in [-0.3, -0.25) is 4.84 Å². The predicted octanol–water partition coefficient (Wildman–Crippen LogP) is 2.74. The van der Waals surface area contributed by atoms with Crippen LogP contribution in [0.2, 0.25) is 5.02 Å². The van der Waals surface area contributed by atoms with Crippen LogP contribution in [0, 0.1) is 0 Å². The van der Waals surface area contributed by atoms with Crippen LogP contribution < -0.4 is 4.74 Å². The molecule has 0 amide bonds. The zero-order chi connectivity index (χ0) is 17.0. The molecule has 23 heavy (non-hydrogen) atoms. The first kappa shape index (κ1) is 17.4. The number of halogens is 1. The molecule has 2 aromatic carbocycles. The summed E-state index contributed by atoms with van der Waals surface area (Å²) in [5, 5.41) is 0.281. The summed E-state index contributed by atoms with van der Waals surface area (Å²) in [5.74, 6) is -0.517. The summed E-state index contributed by atoms with van der Waals surface area (Å²) in [6, 6.07) is 12.0. The van der Waals surface area contributed by atoms with E-state index >= 15 is 0 Å². The first-order valence-corrected chi connectivity index (χ1v) is 8.28. The van der Waals surface area contributed by atoms with E-state index in [4.69, 9.17) is 21.2 Å². The van der Waals surface area contributed by atoms with Crippen molar-refractivity contribution in [2.75, 3.05) is 14.2 Å². The third-order valence-corrected chi connectivity index (χ3v) is 4.99. The number of carbonyl (C=O) groups is 1. The second-order valence-corrected chi connectivity index (χ2v) is 6.79. The van der Waals surface area contributed by atoms with E-state index in [1.165, 1.54) is 38.4 Å². The van der Waals surface area contributed by atoms with Gasteiger partial charge in [0.25, 0.3) is 10.0 Å². The van der Waals surface area contributed by atoms with Crippen molar-refractivity contribution in [2.45, 2.75) is 4.90 Å². The third-order valence-electron chi connectivity index (χ3n) is 3.00. The summed E-state index contributed by atoms with van der Waals surface area (Å²) in [6.07, 6.45) is 0. The Morgan fingerprint density at radius 1 is 1.13 bits per heavy atom. The van der Waals surface area contributed by atoms with E-state index < -0.39 is 16.0 Å². The van der Waals surface area contributed by atoms with Crippen LogP contribution in [0.4, 0.5) is 0 Å². The topological polar surface area (TPSA) is 72.9 Å². The Balaban J connectivity index is 2.30. The lowest BCUT2D eigenvalue weighted by Gasteiger charge is -2.14. The lowest BCUT2D eigenvalue weighted by molar-refractivity contribution is -0.0258. The van der Waals surface area contributed by atoms with E-state index in [1.54, 1.807) is 24.3 Å². The third kappa shape index (κ3) is 3.89. The highest BCUT2D eigenvalue weighted by atomic mass is 35.5. The number of hydrogen-bond donors (Lipinski definition) is 0. The number of ether oxygens (including phenoxy) is 1. The van der Waals surface area contributed by atoms with Gasteiger partial charge in [0.15, 0.2) is 0 Å². The van der Waals surface area contributed by atoms with Crippen molar-refractivity contribution < 1.29 is 22.8 Å². The molecule has 0 aliphatic heterocycles. The van der Waals surface area contributed by atoms with Gasteiger partial charge in [0.2, 0.25) is 0 Å². The summed E-state index contributed by atoms with van der Waals surface area (Å²) in [4.78, 5) is 16.8. The van der Waals surface area contributed by atoms with Gasteiger partial charge in [-0.25, -0.2) is 13.2 Å². The molecule has 0 aliphatic rings. The largest absolute Gasteiger partial charge is 0.421 e. The molecule has 6 nitrogen and oxygen atoms in total. The van der Waals surface area contributed by atoms with Crippen LogP contribution >= 0.6 is 11.6 Å². The fraction of sp³-hybridized carbons (Fsp3) is 0.133. The Hall–Kier alpha value is -1.93. The zero-order valence-corrected chi connectivity index (χ0v) is 14.0. The van der Waals surface area contributed by atoms with Crippen molar-refractivity contribution in [3.05, 3.63) is 59.1 Å². The van der Waals surface area contributed by atoms with Gasteiger partial charge in [0, 0.05) is 7.05 Å². The summed E-state index contributed by atoms with van der Waals surface area (Å²) in [7, 11) is -1.37. The average Bonchev–Trinajstić information content (AvgIpc) is 2.56. The van der Waals surface area contributed by atoms with E-state index in [9.17, 15) is 13.2 Å². The van der Waals surface area contributed by atoms with Gasteiger partial charge in [-0.2, -0.15) is 0 Å². The van der Waals surface area contributed by atoms with Crippen LogP contribution in [0.5, 0.6) is 5.75 Å².